The average Bonchev–Trinajstić information content (AvgIpc) is 3.28. The Morgan fingerprint density at radius 3 is 2.18 bits per heavy atom. The smallest absolute Gasteiger partial charge is 0.238 e. The van der Waals surface area contributed by atoms with Gasteiger partial charge in [0.15, 0.2) is 11.0 Å². The van der Waals surface area contributed by atoms with E-state index in [0.29, 0.717) is 12.2 Å². The standard InChI is InChI=1S/C27H27ClN4OS/c1-19-13-15-23(16-14-19)32-25(30-31-27(32)34-18-22-11-7-4-8-12-22)24(29-26(33)20(2)28)17-21-9-5-3-6-10-21/h3-16,20,24H,17-18H2,1-2H3,(H,29,33). The lowest BCUT2D eigenvalue weighted by molar-refractivity contribution is -0.121. The van der Waals surface area contributed by atoms with E-state index in [9.17, 15) is 4.79 Å². The predicted octanol–water partition coefficient (Wildman–Crippen LogP) is 5.90. The first-order chi connectivity index (χ1) is 16.5. The van der Waals surface area contributed by atoms with Gasteiger partial charge >= 0.3 is 0 Å². The number of nitrogens with zero attached hydrogens (tertiary/aromatic N) is 3. The van der Waals surface area contributed by atoms with E-state index in [1.807, 2.05) is 53.1 Å². The molecule has 5 nitrogen and oxygen atoms in total. The summed E-state index contributed by atoms with van der Waals surface area (Å²) in [5, 5.41) is 12.3. The molecule has 1 N–H and O–H groups in total. The molecule has 2 unspecified atom stereocenters. The molecule has 0 aliphatic rings. The van der Waals surface area contributed by atoms with Gasteiger partial charge in [0.25, 0.3) is 0 Å². The summed E-state index contributed by atoms with van der Waals surface area (Å²) in [6.07, 6.45) is 0.573. The second-order valence-corrected chi connectivity index (χ2v) is 9.75. The van der Waals surface area contributed by atoms with Gasteiger partial charge in [-0.05, 0) is 43.5 Å². The largest absolute Gasteiger partial charge is 0.344 e. The van der Waals surface area contributed by atoms with Gasteiger partial charge in [-0.15, -0.1) is 21.8 Å². The van der Waals surface area contributed by atoms with Crippen molar-refractivity contribution in [1.29, 1.82) is 0 Å². The zero-order chi connectivity index (χ0) is 23.9. The number of nitrogens with one attached hydrogen (secondary N) is 1. The molecule has 0 radical (unpaired) electrons. The molecule has 4 rings (SSSR count). The molecule has 34 heavy (non-hydrogen) atoms. The Kier molecular flexibility index (Phi) is 8.03. The molecular weight excluding hydrogens is 464 g/mol. The van der Waals surface area contributed by atoms with Crippen molar-refractivity contribution in [3.63, 3.8) is 0 Å². The number of benzene rings is 3. The highest BCUT2D eigenvalue weighted by atomic mass is 35.5. The Morgan fingerprint density at radius 2 is 1.56 bits per heavy atom. The number of hydrogen-bond donors (Lipinski definition) is 1. The van der Waals surface area contributed by atoms with Gasteiger partial charge in [0.1, 0.15) is 5.38 Å². The summed E-state index contributed by atoms with van der Waals surface area (Å²) in [4.78, 5) is 12.6. The molecule has 0 aliphatic carbocycles. The maximum absolute atomic E-state index is 12.6. The minimum absolute atomic E-state index is 0.237. The summed E-state index contributed by atoms with van der Waals surface area (Å²) in [6.45, 7) is 3.73. The first-order valence-corrected chi connectivity index (χ1v) is 12.6. The summed E-state index contributed by atoms with van der Waals surface area (Å²) in [5.74, 6) is 1.20. The number of carbonyl (C=O) groups excluding carboxylic acids is 1. The number of rotatable bonds is 9. The van der Waals surface area contributed by atoms with Crippen molar-refractivity contribution in [1.82, 2.24) is 20.1 Å². The van der Waals surface area contributed by atoms with E-state index < -0.39 is 11.4 Å². The Morgan fingerprint density at radius 1 is 0.941 bits per heavy atom. The zero-order valence-corrected chi connectivity index (χ0v) is 20.8. The van der Waals surface area contributed by atoms with E-state index in [1.54, 1.807) is 18.7 Å². The Bertz CT molecular complexity index is 1210. The fourth-order valence-electron chi connectivity index (χ4n) is 3.60. The molecular formula is C27H27ClN4OS. The van der Waals surface area contributed by atoms with Crippen LogP contribution in [0.2, 0.25) is 0 Å². The molecule has 2 atom stereocenters. The topological polar surface area (TPSA) is 59.8 Å². The molecule has 1 heterocycles. The second kappa shape index (κ2) is 11.4. The van der Waals surface area contributed by atoms with Crippen LogP contribution >= 0.6 is 23.4 Å². The third-order valence-electron chi connectivity index (χ3n) is 5.43. The van der Waals surface area contributed by atoms with E-state index in [-0.39, 0.29) is 5.91 Å². The first-order valence-electron chi connectivity index (χ1n) is 11.2. The van der Waals surface area contributed by atoms with Gasteiger partial charge < -0.3 is 5.32 Å². The number of aryl methyl sites for hydroxylation is 1. The third-order valence-corrected chi connectivity index (χ3v) is 6.63. The number of thioether (sulfide) groups is 1. The summed E-state index contributed by atoms with van der Waals surface area (Å²) in [5.41, 5.74) is 4.42. The van der Waals surface area contributed by atoms with Crippen molar-refractivity contribution in [3.05, 3.63) is 107 Å². The van der Waals surface area contributed by atoms with Gasteiger partial charge in [-0.25, -0.2) is 0 Å². The third kappa shape index (κ3) is 6.07. The van der Waals surface area contributed by atoms with Gasteiger partial charge in [0.05, 0.1) is 6.04 Å². The minimum atomic E-state index is -0.652. The van der Waals surface area contributed by atoms with Crippen molar-refractivity contribution < 1.29 is 4.79 Å². The number of carbonyl (C=O) groups is 1. The number of amides is 1. The maximum Gasteiger partial charge on any atom is 0.238 e. The van der Waals surface area contributed by atoms with Crippen LogP contribution in [0.4, 0.5) is 0 Å². The average molecular weight is 491 g/mol. The Hall–Kier alpha value is -3.09. The quantitative estimate of drug-likeness (QED) is 0.234. The molecule has 0 fully saturated rings. The van der Waals surface area contributed by atoms with Crippen LogP contribution in [0, 0.1) is 6.92 Å². The van der Waals surface area contributed by atoms with Gasteiger partial charge in [-0.2, -0.15) is 0 Å². The number of halogens is 1. The van der Waals surface area contributed by atoms with Crippen molar-refractivity contribution >= 4 is 29.3 Å². The molecule has 0 aliphatic heterocycles. The Labute approximate surface area is 209 Å². The van der Waals surface area contributed by atoms with Gasteiger partial charge in [-0.3, -0.25) is 9.36 Å². The SMILES string of the molecule is Cc1ccc(-n2c(SCc3ccccc3)nnc2C(Cc2ccccc2)NC(=O)C(C)Cl)cc1. The van der Waals surface area contributed by atoms with Gasteiger partial charge in [-0.1, -0.05) is 90.1 Å². The second-order valence-electron chi connectivity index (χ2n) is 8.15. The van der Waals surface area contributed by atoms with E-state index in [0.717, 1.165) is 22.2 Å². The summed E-state index contributed by atoms with van der Waals surface area (Å²) < 4.78 is 2.04. The fourth-order valence-corrected chi connectivity index (χ4v) is 4.58. The molecule has 174 valence electrons. The molecule has 4 aromatic rings. The van der Waals surface area contributed by atoms with Crippen LogP contribution in [-0.2, 0) is 17.0 Å². The van der Waals surface area contributed by atoms with Crippen molar-refractivity contribution in [3.8, 4) is 5.69 Å². The van der Waals surface area contributed by atoms with Crippen LogP contribution in [0.25, 0.3) is 5.69 Å². The van der Waals surface area contributed by atoms with Crippen LogP contribution in [0.1, 0.15) is 35.5 Å². The van der Waals surface area contributed by atoms with E-state index >= 15 is 0 Å². The van der Waals surface area contributed by atoms with Crippen molar-refractivity contribution in [2.24, 2.45) is 0 Å². The minimum Gasteiger partial charge on any atom is -0.344 e. The first kappa shape index (κ1) is 24.0. The van der Waals surface area contributed by atoms with Crippen LogP contribution in [0.5, 0.6) is 0 Å². The number of aromatic nitrogens is 3. The summed E-state index contributed by atoms with van der Waals surface area (Å²) >= 11 is 7.72. The highest BCUT2D eigenvalue weighted by molar-refractivity contribution is 7.98. The molecule has 0 saturated carbocycles. The molecule has 0 bridgehead atoms. The maximum atomic E-state index is 12.6. The van der Waals surface area contributed by atoms with Crippen LogP contribution in [0.3, 0.4) is 0 Å². The number of hydrogen-bond acceptors (Lipinski definition) is 4. The fraction of sp³-hybridized carbons (Fsp3) is 0.222. The van der Waals surface area contributed by atoms with Crippen LogP contribution in [0.15, 0.2) is 90.1 Å². The highest BCUT2D eigenvalue weighted by Gasteiger charge is 2.26. The van der Waals surface area contributed by atoms with E-state index in [2.05, 4.69) is 58.8 Å². The van der Waals surface area contributed by atoms with Gasteiger partial charge in [0.2, 0.25) is 5.91 Å². The van der Waals surface area contributed by atoms with Crippen LogP contribution < -0.4 is 5.32 Å². The predicted molar refractivity (Wildman–Crippen MR) is 138 cm³/mol. The lowest BCUT2D eigenvalue weighted by Gasteiger charge is -2.21. The highest BCUT2D eigenvalue weighted by Crippen LogP contribution is 2.29. The van der Waals surface area contributed by atoms with Gasteiger partial charge in [0, 0.05) is 11.4 Å². The molecule has 7 heteroatoms. The normalized spacial score (nSPS) is 12.8. The summed E-state index contributed by atoms with van der Waals surface area (Å²) in [6, 6.07) is 28.2. The summed E-state index contributed by atoms with van der Waals surface area (Å²) in [7, 11) is 0. The Balaban J connectivity index is 1.73. The van der Waals surface area contributed by atoms with Crippen LogP contribution in [-0.4, -0.2) is 26.0 Å². The molecule has 3 aromatic carbocycles. The molecule has 1 amide bonds. The number of alkyl halides is 1. The lowest BCUT2D eigenvalue weighted by atomic mass is 10.0. The zero-order valence-electron chi connectivity index (χ0n) is 19.2. The molecule has 0 spiro atoms. The lowest BCUT2D eigenvalue weighted by Crippen LogP contribution is -2.35. The van der Waals surface area contributed by atoms with E-state index in [4.69, 9.17) is 11.6 Å². The van der Waals surface area contributed by atoms with E-state index in [1.165, 1.54) is 11.1 Å². The molecule has 1 aromatic heterocycles. The molecule has 0 saturated heterocycles. The van der Waals surface area contributed by atoms with Crippen molar-refractivity contribution in [2.45, 2.75) is 42.6 Å². The van der Waals surface area contributed by atoms with Crippen molar-refractivity contribution in [2.75, 3.05) is 0 Å². The monoisotopic (exact) mass is 490 g/mol.